The molecule has 0 unspecified atom stereocenters. The zero-order chi connectivity index (χ0) is 20.0. The quantitative estimate of drug-likeness (QED) is 0.525. The minimum absolute atomic E-state index is 0.115. The molecule has 0 fully saturated rings. The summed E-state index contributed by atoms with van der Waals surface area (Å²) in [6, 6.07) is 11.2. The number of nitrogens with one attached hydrogen (secondary N) is 1. The molecule has 0 radical (unpaired) electrons. The van der Waals surface area contributed by atoms with E-state index in [2.05, 4.69) is 5.32 Å². The smallest absolute Gasteiger partial charge is 0.305 e. The molecule has 0 aliphatic rings. The summed E-state index contributed by atoms with van der Waals surface area (Å²) in [7, 11) is 0. The number of non-ortho nitro benzene ring substituents is 1. The highest BCUT2D eigenvalue weighted by atomic mass is 35.5. The van der Waals surface area contributed by atoms with E-state index in [1.54, 1.807) is 30.3 Å². The van der Waals surface area contributed by atoms with Crippen molar-refractivity contribution >= 4 is 29.2 Å². The summed E-state index contributed by atoms with van der Waals surface area (Å²) in [6.45, 7) is 1.51. The van der Waals surface area contributed by atoms with Crippen molar-refractivity contribution in [3.8, 4) is 5.75 Å². The third-order valence-electron chi connectivity index (χ3n) is 3.69. The van der Waals surface area contributed by atoms with E-state index in [1.807, 2.05) is 0 Å². The number of hydrogen-bond donors (Lipinski definition) is 2. The number of para-hydroxylation sites is 1. The third kappa shape index (κ3) is 5.68. The Labute approximate surface area is 159 Å². The first kappa shape index (κ1) is 20.2. The maximum Gasteiger partial charge on any atom is 0.305 e. The average Bonchev–Trinajstić information content (AvgIpc) is 2.61. The first-order valence-corrected chi connectivity index (χ1v) is 8.33. The monoisotopic (exact) mass is 392 g/mol. The van der Waals surface area contributed by atoms with Crippen LogP contribution >= 0.6 is 11.6 Å². The Hall–Kier alpha value is -3.13. The Balaban J connectivity index is 2.21. The molecule has 0 spiro atoms. The van der Waals surface area contributed by atoms with Crippen molar-refractivity contribution in [3.63, 3.8) is 0 Å². The zero-order valence-corrected chi connectivity index (χ0v) is 15.1. The highest BCUT2D eigenvalue weighted by Gasteiger charge is 2.25. The molecule has 0 aromatic heterocycles. The fourth-order valence-electron chi connectivity index (χ4n) is 2.37. The molecular formula is C18H17ClN2O6. The van der Waals surface area contributed by atoms with Crippen molar-refractivity contribution in [2.24, 2.45) is 0 Å². The van der Waals surface area contributed by atoms with Crippen LogP contribution in [0.15, 0.2) is 48.5 Å². The number of carboxylic acids is 1. The number of nitro benzene ring substituents is 1. The molecule has 27 heavy (non-hydrogen) atoms. The Kier molecular flexibility index (Phi) is 6.73. The van der Waals surface area contributed by atoms with Crippen molar-refractivity contribution in [1.29, 1.82) is 0 Å². The van der Waals surface area contributed by atoms with Gasteiger partial charge in [-0.05, 0) is 25.1 Å². The molecule has 1 amide bonds. The summed E-state index contributed by atoms with van der Waals surface area (Å²) in [5.41, 5.74) is -0.110. The van der Waals surface area contributed by atoms with Gasteiger partial charge < -0.3 is 15.2 Å². The van der Waals surface area contributed by atoms with Crippen molar-refractivity contribution < 1.29 is 24.4 Å². The number of carbonyl (C=O) groups is 2. The van der Waals surface area contributed by atoms with Crippen LogP contribution in [0.5, 0.6) is 5.75 Å². The maximum absolute atomic E-state index is 12.4. The van der Waals surface area contributed by atoms with E-state index in [9.17, 15) is 19.7 Å². The van der Waals surface area contributed by atoms with E-state index >= 15 is 0 Å². The minimum Gasteiger partial charge on any atom is -0.481 e. The molecule has 142 valence electrons. The van der Waals surface area contributed by atoms with Gasteiger partial charge in [-0.25, -0.2) is 0 Å². The van der Waals surface area contributed by atoms with Crippen LogP contribution in [-0.4, -0.2) is 28.0 Å². The zero-order valence-electron chi connectivity index (χ0n) is 14.3. The van der Waals surface area contributed by atoms with Crippen LogP contribution in [0.4, 0.5) is 5.69 Å². The molecule has 0 aliphatic heterocycles. The van der Waals surface area contributed by atoms with Crippen LogP contribution in [0.25, 0.3) is 0 Å². The number of nitrogens with zero attached hydrogens (tertiary/aromatic N) is 1. The summed E-state index contributed by atoms with van der Waals surface area (Å²) in [5.74, 6) is -1.30. The van der Waals surface area contributed by atoms with Crippen LogP contribution in [0.1, 0.15) is 24.9 Å². The number of halogens is 1. The second-order valence-electron chi connectivity index (χ2n) is 5.70. The van der Waals surface area contributed by atoms with E-state index < -0.39 is 35.4 Å². The number of aliphatic carboxylic acids is 1. The van der Waals surface area contributed by atoms with Gasteiger partial charge in [-0.3, -0.25) is 19.7 Å². The largest absolute Gasteiger partial charge is 0.481 e. The highest BCUT2D eigenvalue weighted by Crippen LogP contribution is 2.29. The van der Waals surface area contributed by atoms with Crippen molar-refractivity contribution in [2.45, 2.75) is 25.5 Å². The van der Waals surface area contributed by atoms with Crippen LogP contribution in [-0.2, 0) is 9.59 Å². The number of carbonyl (C=O) groups excluding carboxylic acids is 1. The number of benzene rings is 2. The molecule has 2 aromatic rings. The molecule has 0 saturated carbocycles. The second-order valence-corrected chi connectivity index (χ2v) is 6.10. The van der Waals surface area contributed by atoms with Crippen molar-refractivity contribution in [2.75, 3.05) is 0 Å². The molecule has 0 aliphatic carbocycles. The molecule has 2 atom stereocenters. The fraction of sp³-hybridized carbons (Fsp3) is 0.222. The lowest BCUT2D eigenvalue weighted by molar-refractivity contribution is -0.384. The number of nitro groups is 1. The molecule has 8 nitrogen and oxygen atoms in total. The van der Waals surface area contributed by atoms with Crippen LogP contribution in [0.2, 0.25) is 5.02 Å². The van der Waals surface area contributed by atoms with Crippen LogP contribution in [0, 0.1) is 10.1 Å². The minimum atomic E-state index is -1.19. The standard InChI is InChI=1S/C18H17ClN2O6/c1-11(27-13-5-3-2-4-6-13)18(24)20-16(10-17(22)23)14-9-12(21(25)26)7-8-15(14)19/h2-9,11,16H,10H2,1H3,(H,20,24)(H,22,23)/t11-,16+/m1/s1. The number of hydrogen-bond acceptors (Lipinski definition) is 5. The van der Waals surface area contributed by atoms with Gasteiger partial charge in [0.25, 0.3) is 11.6 Å². The van der Waals surface area contributed by atoms with E-state index in [0.29, 0.717) is 5.75 Å². The molecule has 2 N–H and O–H groups in total. The molecule has 2 aromatic carbocycles. The SMILES string of the molecule is C[C@@H](Oc1ccccc1)C(=O)N[C@@H](CC(=O)O)c1cc([N+](=O)[O-])ccc1Cl. The molecule has 0 bridgehead atoms. The molecular weight excluding hydrogens is 376 g/mol. The van der Waals surface area contributed by atoms with Gasteiger partial charge in [-0.2, -0.15) is 0 Å². The lowest BCUT2D eigenvalue weighted by atomic mass is 10.0. The topological polar surface area (TPSA) is 119 Å². The van der Waals surface area contributed by atoms with E-state index in [4.69, 9.17) is 21.4 Å². The summed E-state index contributed by atoms with van der Waals surface area (Å²) in [4.78, 5) is 34.0. The number of carboxylic acid groups (broad SMARTS) is 1. The number of amides is 1. The molecule has 0 saturated heterocycles. The summed E-state index contributed by atoms with van der Waals surface area (Å²) in [6.07, 6.45) is -1.41. The van der Waals surface area contributed by atoms with Gasteiger partial charge in [0, 0.05) is 22.7 Å². The van der Waals surface area contributed by atoms with Crippen molar-refractivity contribution in [1.82, 2.24) is 5.32 Å². The van der Waals surface area contributed by atoms with Gasteiger partial charge in [0.1, 0.15) is 5.75 Å². The third-order valence-corrected chi connectivity index (χ3v) is 4.03. The van der Waals surface area contributed by atoms with E-state index in [-0.39, 0.29) is 16.3 Å². The lowest BCUT2D eigenvalue weighted by Crippen LogP contribution is -2.39. The van der Waals surface area contributed by atoms with Gasteiger partial charge in [-0.15, -0.1) is 0 Å². The first-order chi connectivity index (χ1) is 12.8. The Morgan fingerprint density at radius 3 is 2.52 bits per heavy atom. The molecule has 0 heterocycles. The van der Waals surface area contributed by atoms with Crippen LogP contribution in [0.3, 0.4) is 0 Å². The molecule has 2 rings (SSSR count). The van der Waals surface area contributed by atoms with Crippen molar-refractivity contribution in [3.05, 3.63) is 69.2 Å². The summed E-state index contributed by atoms with van der Waals surface area (Å²) < 4.78 is 5.51. The normalized spacial score (nSPS) is 12.7. The van der Waals surface area contributed by atoms with Gasteiger partial charge in [-0.1, -0.05) is 29.8 Å². The Bertz CT molecular complexity index is 843. The number of rotatable bonds is 8. The van der Waals surface area contributed by atoms with Crippen LogP contribution < -0.4 is 10.1 Å². The average molecular weight is 393 g/mol. The highest BCUT2D eigenvalue weighted by molar-refractivity contribution is 6.31. The Morgan fingerprint density at radius 2 is 1.93 bits per heavy atom. The Morgan fingerprint density at radius 1 is 1.26 bits per heavy atom. The maximum atomic E-state index is 12.4. The van der Waals surface area contributed by atoms with E-state index in [1.165, 1.54) is 19.1 Å². The van der Waals surface area contributed by atoms with Gasteiger partial charge >= 0.3 is 5.97 Å². The lowest BCUT2D eigenvalue weighted by Gasteiger charge is -2.21. The fourth-order valence-corrected chi connectivity index (χ4v) is 2.62. The summed E-state index contributed by atoms with van der Waals surface area (Å²) >= 11 is 6.07. The predicted octanol–water partition coefficient (Wildman–Crippen LogP) is 3.35. The first-order valence-electron chi connectivity index (χ1n) is 7.95. The number of ether oxygens (including phenoxy) is 1. The molecule has 9 heteroatoms. The predicted molar refractivity (Wildman–Crippen MR) is 97.8 cm³/mol. The van der Waals surface area contributed by atoms with E-state index in [0.717, 1.165) is 6.07 Å². The van der Waals surface area contributed by atoms with Gasteiger partial charge in [0.2, 0.25) is 0 Å². The summed E-state index contributed by atoms with van der Waals surface area (Å²) in [5, 5.41) is 22.8. The van der Waals surface area contributed by atoms with Gasteiger partial charge in [0.15, 0.2) is 6.10 Å². The second kappa shape index (κ2) is 9.00. The van der Waals surface area contributed by atoms with Gasteiger partial charge in [0.05, 0.1) is 17.4 Å².